The highest BCUT2D eigenvalue weighted by Crippen LogP contribution is 2.22. The number of amides is 3. The summed E-state index contributed by atoms with van der Waals surface area (Å²) in [5, 5.41) is 7.31. The van der Waals surface area contributed by atoms with E-state index in [9.17, 15) is 14.4 Å². The van der Waals surface area contributed by atoms with Gasteiger partial charge < -0.3 is 15.5 Å². The molecule has 0 radical (unpaired) electrons. The summed E-state index contributed by atoms with van der Waals surface area (Å²) in [6.07, 6.45) is 1.54. The van der Waals surface area contributed by atoms with Gasteiger partial charge in [-0.15, -0.1) is 11.3 Å². The van der Waals surface area contributed by atoms with Crippen molar-refractivity contribution in [3.63, 3.8) is 0 Å². The van der Waals surface area contributed by atoms with E-state index in [4.69, 9.17) is 0 Å². The van der Waals surface area contributed by atoms with Crippen LogP contribution in [0.1, 0.15) is 32.9 Å². The van der Waals surface area contributed by atoms with Gasteiger partial charge in [-0.05, 0) is 42.5 Å². The third-order valence-corrected chi connectivity index (χ3v) is 5.29. The van der Waals surface area contributed by atoms with Gasteiger partial charge in [0.05, 0.1) is 10.8 Å². The lowest BCUT2D eigenvalue weighted by molar-refractivity contribution is -0.121. The van der Waals surface area contributed by atoms with Crippen molar-refractivity contribution in [2.75, 3.05) is 25.5 Å². The molecule has 0 spiro atoms. The number of hydrogen-bond acceptors (Lipinski definition) is 4. The first kappa shape index (κ1) is 18.1. The smallest absolute Gasteiger partial charge is 0.263 e. The molecular formula is C19H21N3O3S. The molecule has 1 fully saturated rings. The van der Waals surface area contributed by atoms with Crippen LogP contribution >= 0.6 is 11.3 Å². The van der Waals surface area contributed by atoms with Crippen LogP contribution in [0, 0.1) is 5.92 Å². The highest BCUT2D eigenvalue weighted by Gasteiger charge is 2.29. The maximum absolute atomic E-state index is 12.6. The van der Waals surface area contributed by atoms with Crippen molar-refractivity contribution in [3.05, 3.63) is 52.2 Å². The van der Waals surface area contributed by atoms with E-state index in [2.05, 4.69) is 10.6 Å². The molecule has 6 nitrogen and oxygen atoms in total. The largest absolute Gasteiger partial charge is 0.355 e. The molecule has 2 N–H and O–H groups in total. The summed E-state index contributed by atoms with van der Waals surface area (Å²) in [6.45, 7) is 1.09. The molecule has 1 aromatic heterocycles. The van der Waals surface area contributed by atoms with Gasteiger partial charge in [-0.1, -0.05) is 12.1 Å². The minimum absolute atomic E-state index is 0.0147. The first-order valence-corrected chi connectivity index (χ1v) is 9.42. The fourth-order valence-corrected chi connectivity index (χ4v) is 3.75. The van der Waals surface area contributed by atoms with Crippen molar-refractivity contribution in [1.29, 1.82) is 0 Å². The number of anilines is 1. The third kappa shape index (κ3) is 4.11. The molecule has 1 unspecified atom stereocenters. The highest BCUT2D eigenvalue weighted by molar-refractivity contribution is 7.12. The Bertz CT molecular complexity index is 804. The van der Waals surface area contributed by atoms with Crippen molar-refractivity contribution < 1.29 is 14.4 Å². The summed E-state index contributed by atoms with van der Waals surface area (Å²) in [7, 11) is 1.56. The zero-order valence-corrected chi connectivity index (χ0v) is 15.3. The monoisotopic (exact) mass is 371 g/mol. The fraction of sp³-hybridized carbons (Fsp3) is 0.316. The van der Waals surface area contributed by atoms with Gasteiger partial charge in [-0.3, -0.25) is 14.4 Å². The summed E-state index contributed by atoms with van der Waals surface area (Å²) in [5.74, 6) is -0.593. The fourth-order valence-electron chi connectivity index (χ4n) is 3.06. The Morgan fingerprint density at radius 1 is 1.19 bits per heavy atom. The van der Waals surface area contributed by atoms with Crippen LogP contribution in [0.2, 0.25) is 0 Å². The topological polar surface area (TPSA) is 78.5 Å². The lowest BCUT2D eigenvalue weighted by Gasteiger charge is -2.31. The Hall–Kier alpha value is -2.67. The molecule has 1 aliphatic rings. The van der Waals surface area contributed by atoms with Gasteiger partial charge in [0.1, 0.15) is 0 Å². The maximum Gasteiger partial charge on any atom is 0.263 e. The molecule has 2 aromatic rings. The number of rotatable bonds is 4. The Morgan fingerprint density at radius 3 is 2.77 bits per heavy atom. The molecule has 0 saturated carbocycles. The average Bonchev–Trinajstić information content (AvgIpc) is 3.22. The molecule has 0 bridgehead atoms. The molecule has 1 aliphatic heterocycles. The van der Waals surface area contributed by atoms with E-state index in [1.807, 2.05) is 11.4 Å². The molecule has 1 saturated heterocycles. The second-order valence-corrected chi connectivity index (χ2v) is 7.16. The molecule has 3 amide bonds. The number of piperidine rings is 1. The summed E-state index contributed by atoms with van der Waals surface area (Å²) >= 11 is 1.41. The van der Waals surface area contributed by atoms with Crippen molar-refractivity contribution in [3.8, 4) is 0 Å². The van der Waals surface area contributed by atoms with Crippen molar-refractivity contribution >= 4 is 34.7 Å². The predicted octanol–water partition coefficient (Wildman–Crippen LogP) is 2.60. The number of nitrogens with one attached hydrogen (secondary N) is 2. The summed E-state index contributed by atoms with van der Waals surface area (Å²) in [5.41, 5.74) is 1.07. The molecule has 26 heavy (non-hydrogen) atoms. The molecule has 1 atom stereocenters. The van der Waals surface area contributed by atoms with E-state index in [1.165, 1.54) is 11.3 Å². The van der Waals surface area contributed by atoms with E-state index in [1.54, 1.807) is 42.3 Å². The quantitative estimate of drug-likeness (QED) is 0.867. The summed E-state index contributed by atoms with van der Waals surface area (Å²) in [4.78, 5) is 39.3. The van der Waals surface area contributed by atoms with Crippen LogP contribution in [-0.2, 0) is 4.79 Å². The van der Waals surface area contributed by atoms with Crippen LogP contribution in [-0.4, -0.2) is 42.8 Å². The average molecular weight is 371 g/mol. The van der Waals surface area contributed by atoms with E-state index >= 15 is 0 Å². The molecule has 2 heterocycles. The van der Waals surface area contributed by atoms with E-state index in [-0.39, 0.29) is 23.6 Å². The zero-order chi connectivity index (χ0) is 18.5. The minimum atomic E-state index is -0.253. The van der Waals surface area contributed by atoms with Crippen LogP contribution < -0.4 is 10.6 Å². The van der Waals surface area contributed by atoms with Gasteiger partial charge in [0.15, 0.2) is 0 Å². The van der Waals surface area contributed by atoms with Crippen molar-refractivity contribution in [2.24, 2.45) is 5.92 Å². The predicted molar refractivity (Wildman–Crippen MR) is 101 cm³/mol. The van der Waals surface area contributed by atoms with E-state index in [0.29, 0.717) is 29.2 Å². The van der Waals surface area contributed by atoms with Gasteiger partial charge in [-0.2, -0.15) is 0 Å². The van der Waals surface area contributed by atoms with Gasteiger partial charge in [-0.25, -0.2) is 0 Å². The van der Waals surface area contributed by atoms with Crippen LogP contribution in [0.4, 0.5) is 5.69 Å². The van der Waals surface area contributed by atoms with Gasteiger partial charge in [0.25, 0.3) is 11.8 Å². The molecule has 3 rings (SSSR count). The van der Waals surface area contributed by atoms with Crippen LogP contribution in [0.15, 0.2) is 41.8 Å². The number of carbonyl (C=O) groups excluding carboxylic acids is 3. The van der Waals surface area contributed by atoms with Crippen molar-refractivity contribution in [1.82, 2.24) is 10.2 Å². The Kier molecular flexibility index (Phi) is 5.68. The molecular weight excluding hydrogens is 350 g/mol. The minimum Gasteiger partial charge on any atom is -0.355 e. The number of nitrogens with zero attached hydrogens (tertiary/aromatic N) is 1. The van der Waals surface area contributed by atoms with Crippen molar-refractivity contribution in [2.45, 2.75) is 12.8 Å². The van der Waals surface area contributed by atoms with E-state index < -0.39 is 0 Å². The number of thiophene rings is 1. The Labute approximate surface area is 156 Å². The number of benzene rings is 1. The Morgan fingerprint density at radius 2 is 2.04 bits per heavy atom. The number of carbonyl (C=O) groups is 3. The summed E-state index contributed by atoms with van der Waals surface area (Å²) < 4.78 is 0. The van der Waals surface area contributed by atoms with Crippen LogP contribution in [0.3, 0.4) is 0 Å². The zero-order valence-electron chi connectivity index (χ0n) is 14.5. The summed E-state index contributed by atoms with van der Waals surface area (Å²) in [6, 6.07) is 10.5. The standard InChI is InChI=1S/C19H21N3O3S/c1-20-17(23)13-5-2-7-15(11-13)21-18(24)14-6-3-9-22(12-14)19(25)16-8-4-10-26-16/h2,4-5,7-8,10-11,14H,3,6,9,12H2,1H3,(H,20,23)(H,21,24). The van der Waals surface area contributed by atoms with Crippen LogP contribution in [0.25, 0.3) is 0 Å². The molecule has 7 heteroatoms. The Balaban J connectivity index is 1.64. The van der Waals surface area contributed by atoms with Gasteiger partial charge in [0.2, 0.25) is 5.91 Å². The lowest BCUT2D eigenvalue weighted by Crippen LogP contribution is -2.43. The molecule has 136 valence electrons. The molecule has 0 aliphatic carbocycles. The number of likely N-dealkylation sites (tertiary alicyclic amines) is 1. The van der Waals surface area contributed by atoms with Crippen LogP contribution in [0.5, 0.6) is 0 Å². The number of hydrogen-bond donors (Lipinski definition) is 2. The molecule has 1 aromatic carbocycles. The second kappa shape index (κ2) is 8.14. The maximum atomic E-state index is 12.6. The normalized spacial score (nSPS) is 16.8. The first-order valence-electron chi connectivity index (χ1n) is 8.54. The second-order valence-electron chi connectivity index (χ2n) is 6.22. The lowest BCUT2D eigenvalue weighted by atomic mass is 9.96. The van der Waals surface area contributed by atoms with E-state index in [0.717, 1.165) is 12.8 Å². The first-order chi connectivity index (χ1) is 12.6. The SMILES string of the molecule is CNC(=O)c1cccc(NC(=O)C2CCCN(C(=O)c3cccs3)C2)c1. The van der Waals surface area contributed by atoms with Gasteiger partial charge >= 0.3 is 0 Å². The third-order valence-electron chi connectivity index (χ3n) is 4.43. The highest BCUT2D eigenvalue weighted by atomic mass is 32.1. The van der Waals surface area contributed by atoms with Gasteiger partial charge in [0, 0.05) is 31.4 Å².